The number of nitrogens with one attached hydrogen (secondary N) is 2. The quantitative estimate of drug-likeness (QED) is 0.0764. The summed E-state index contributed by atoms with van der Waals surface area (Å²) in [5.74, 6) is -3.21. The third-order valence-corrected chi connectivity index (χ3v) is 16.8. The average molecular weight is 1160 g/mol. The van der Waals surface area contributed by atoms with Crippen molar-refractivity contribution in [1.82, 2.24) is 18.6 Å². The van der Waals surface area contributed by atoms with Crippen LogP contribution in [0.1, 0.15) is 71.5 Å². The number of carboxylic acids is 1. The van der Waals surface area contributed by atoms with Crippen molar-refractivity contribution in [2.45, 2.75) is 42.1 Å². The van der Waals surface area contributed by atoms with E-state index in [2.05, 4.69) is 9.44 Å². The second-order valence-corrected chi connectivity index (χ2v) is 22.9. The molecule has 20 nitrogen and oxygen atoms in total. The van der Waals surface area contributed by atoms with E-state index < -0.39 is 55.6 Å². The highest BCUT2D eigenvalue weighted by atomic mass is 32.2. The molecule has 2 amide bonds. The first-order chi connectivity index (χ1) is 39.7. The monoisotopic (exact) mass is 1160 g/mol. The number of fused-ring (bicyclic) bond motifs is 4. The molecular weight excluding hydrogens is 1110 g/mol. The zero-order valence-corrected chi connectivity index (χ0v) is 47.1. The molecule has 0 saturated heterocycles. The summed E-state index contributed by atoms with van der Waals surface area (Å²) in [7, 11) is -2.43. The van der Waals surface area contributed by atoms with E-state index >= 15 is 0 Å². The van der Waals surface area contributed by atoms with Crippen LogP contribution in [-0.2, 0) is 55.1 Å². The molecule has 9 aromatic rings. The van der Waals surface area contributed by atoms with Gasteiger partial charge in [0.1, 0.15) is 27.9 Å². The van der Waals surface area contributed by atoms with E-state index in [1.165, 1.54) is 38.5 Å². The van der Waals surface area contributed by atoms with Crippen molar-refractivity contribution in [3.05, 3.63) is 202 Å². The van der Waals surface area contributed by atoms with Crippen LogP contribution in [-0.4, -0.2) is 82.6 Å². The lowest BCUT2D eigenvalue weighted by Gasteiger charge is -2.19. The molecule has 0 fully saturated rings. The standard InChI is InChI=1S/C34H30N2O8S.C27H24N2O8S/c1-21-9-14-31(30(15-21)41-3)45(39,40)35-33(37)32(23-11-13-28-29(17-23)44-20-43-28)26-18-36(2)27-16-24(10-12-25(26)27)34(38)42-19-22-7-5-4-6-8-22;1-15-4-9-24(23(10-15)35-3)38(33,34)28-26(30)25(16-6-8-21-22(12-16)37-14-36-21)19-13-29(2)20-11-17(27(31)32)5-7-18(19)20/h4-18,32H,19-20H2,1-3H3,(H,35,37);4-13,25H,14H2,1-3H3,(H,28,30)(H,31,32). The fourth-order valence-corrected chi connectivity index (χ4v) is 12.3. The number of hydrogen-bond acceptors (Lipinski definition) is 15. The number of carbonyl (C=O) groups excluding carboxylic acids is 3. The zero-order valence-electron chi connectivity index (χ0n) is 45.5. The fourth-order valence-electron chi connectivity index (χ4n) is 9.97. The fraction of sp³-hybridized carbons (Fsp3) is 0.180. The maximum Gasteiger partial charge on any atom is 0.338 e. The highest BCUT2D eigenvalue weighted by Gasteiger charge is 2.35. The summed E-state index contributed by atoms with van der Waals surface area (Å²) in [6.07, 6.45) is 3.43. The van der Waals surface area contributed by atoms with Gasteiger partial charge in [-0.05, 0) is 126 Å². The van der Waals surface area contributed by atoms with Crippen molar-refractivity contribution in [1.29, 1.82) is 0 Å². The summed E-state index contributed by atoms with van der Waals surface area (Å²) >= 11 is 0. The van der Waals surface area contributed by atoms with Crippen LogP contribution in [0.25, 0.3) is 21.8 Å². The lowest BCUT2D eigenvalue weighted by atomic mass is 9.90. The number of aryl methyl sites for hydroxylation is 4. The van der Waals surface area contributed by atoms with E-state index in [9.17, 15) is 41.1 Å². The van der Waals surface area contributed by atoms with Gasteiger partial charge in [-0.2, -0.15) is 0 Å². The number of rotatable bonds is 16. The number of esters is 1. The molecule has 11 rings (SSSR count). The number of carboxylic acid groups (broad SMARTS) is 1. The lowest BCUT2D eigenvalue weighted by Crippen LogP contribution is -2.35. The number of benzene rings is 7. The average Bonchev–Trinajstić information content (AvgIpc) is 4.49. The number of hydrogen-bond donors (Lipinski definition) is 3. The molecule has 0 saturated carbocycles. The number of carbonyl (C=O) groups is 4. The van der Waals surface area contributed by atoms with Crippen molar-refractivity contribution in [3.8, 4) is 34.5 Å². The van der Waals surface area contributed by atoms with E-state index in [0.717, 1.165) is 16.7 Å². The lowest BCUT2D eigenvalue weighted by molar-refractivity contribution is -0.120. The minimum Gasteiger partial charge on any atom is -0.495 e. The predicted molar refractivity (Wildman–Crippen MR) is 303 cm³/mol. The van der Waals surface area contributed by atoms with Gasteiger partial charge in [0, 0.05) is 48.3 Å². The molecule has 83 heavy (non-hydrogen) atoms. The van der Waals surface area contributed by atoms with Gasteiger partial charge >= 0.3 is 11.9 Å². The van der Waals surface area contributed by atoms with Crippen molar-refractivity contribution >= 4 is 65.6 Å². The van der Waals surface area contributed by atoms with Gasteiger partial charge in [0.05, 0.1) is 37.2 Å². The SMILES string of the molecule is COc1cc(C)ccc1S(=O)(=O)NC(=O)C(c1ccc2c(c1)OCO2)c1cn(C)c2cc(C(=O)O)ccc12.COc1cc(C)ccc1S(=O)(=O)NC(=O)C(c1ccc2c(c1)OCO2)c1cn(C)c2cc(C(=O)OCc3ccccc3)ccc12. The zero-order chi connectivity index (χ0) is 58.9. The summed E-state index contributed by atoms with van der Waals surface area (Å²) < 4.78 is 99.7. The Balaban J connectivity index is 0.000000188. The number of sulfonamides is 2. The van der Waals surface area contributed by atoms with Crippen LogP contribution in [0.2, 0.25) is 0 Å². The Kier molecular flexibility index (Phi) is 15.6. The number of nitrogens with zero attached hydrogens (tertiary/aromatic N) is 2. The summed E-state index contributed by atoms with van der Waals surface area (Å²) in [4.78, 5) is 52.0. The normalized spacial score (nSPS) is 13.1. The number of aromatic carboxylic acids is 1. The van der Waals surface area contributed by atoms with Gasteiger partial charge in [-0.15, -0.1) is 0 Å². The molecule has 7 aromatic carbocycles. The first-order valence-corrected chi connectivity index (χ1v) is 28.5. The molecule has 0 radical (unpaired) electrons. The maximum atomic E-state index is 14.1. The first kappa shape index (κ1) is 56.5. The van der Waals surface area contributed by atoms with Gasteiger partial charge in [-0.25, -0.2) is 35.9 Å². The number of aromatic nitrogens is 2. The molecule has 0 bridgehead atoms. The summed E-state index contributed by atoms with van der Waals surface area (Å²) in [5.41, 5.74) is 6.07. The first-order valence-electron chi connectivity index (χ1n) is 25.6. The van der Waals surface area contributed by atoms with Crippen LogP contribution < -0.4 is 37.9 Å². The Morgan fingerprint density at radius 3 is 1.46 bits per heavy atom. The molecule has 0 aliphatic carbocycles. The Morgan fingerprint density at radius 1 is 0.554 bits per heavy atom. The Hall–Kier alpha value is -9.80. The van der Waals surface area contributed by atoms with Gasteiger partial charge in [0.25, 0.3) is 20.0 Å². The van der Waals surface area contributed by atoms with Gasteiger partial charge in [0.15, 0.2) is 23.0 Å². The molecule has 2 aliphatic heterocycles. The summed E-state index contributed by atoms with van der Waals surface area (Å²) in [5, 5.41) is 10.7. The molecule has 22 heteroatoms. The Bertz CT molecular complexity index is 4290. The van der Waals surface area contributed by atoms with Gasteiger partial charge in [-0.3, -0.25) is 9.59 Å². The van der Waals surface area contributed by atoms with Gasteiger partial charge in [0.2, 0.25) is 25.4 Å². The van der Waals surface area contributed by atoms with E-state index in [1.807, 2.05) is 37.3 Å². The van der Waals surface area contributed by atoms with Crippen LogP contribution in [0.4, 0.5) is 0 Å². The highest BCUT2D eigenvalue weighted by Crippen LogP contribution is 2.42. The Morgan fingerprint density at radius 2 is 1.00 bits per heavy atom. The van der Waals surface area contributed by atoms with Crippen LogP contribution >= 0.6 is 0 Å². The molecule has 0 spiro atoms. The van der Waals surface area contributed by atoms with Crippen LogP contribution in [0.5, 0.6) is 34.5 Å². The maximum absolute atomic E-state index is 14.1. The number of methoxy groups -OCH3 is 2. The second-order valence-electron chi connectivity index (χ2n) is 19.6. The largest absolute Gasteiger partial charge is 0.495 e. The molecule has 2 atom stereocenters. The highest BCUT2D eigenvalue weighted by molar-refractivity contribution is 7.90. The third-order valence-electron chi connectivity index (χ3n) is 14.0. The van der Waals surface area contributed by atoms with Crippen molar-refractivity contribution in [2.24, 2.45) is 14.1 Å². The summed E-state index contributed by atoms with van der Waals surface area (Å²) in [6, 6.07) is 38.2. The number of amides is 2. The van der Waals surface area contributed by atoms with Crippen LogP contribution in [0.3, 0.4) is 0 Å². The van der Waals surface area contributed by atoms with Crippen molar-refractivity contribution in [3.63, 3.8) is 0 Å². The third kappa shape index (κ3) is 11.6. The van der Waals surface area contributed by atoms with Crippen molar-refractivity contribution < 1.29 is 74.3 Å². The topological polar surface area (TPSA) is 255 Å². The molecule has 426 valence electrons. The van der Waals surface area contributed by atoms with Crippen LogP contribution in [0, 0.1) is 13.8 Å². The molecular formula is C61H54N4O16S2. The van der Waals surface area contributed by atoms with Crippen molar-refractivity contribution in [2.75, 3.05) is 27.8 Å². The predicted octanol–water partition coefficient (Wildman–Crippen LogP) is 8.78. The van der Waals surface area contributed by atoms with E-state index in [0.29, 0.717) is 72.6 Å². The Labute approximate surface area is 476 Å². The summed E-state index contributed by atoms with van der Waals surface area (Å²) in [6.45, 7) is 3.80. The molecule has 4 heterocycles. The molecule has 2 unspecified atom stereocenters. The minimum atomic E-state index is -4.33. The smallest absolute Gasteiger partial charge is 0.338 e. The van der Waals surface area contributed by atoms with E-state index in [4.69, 9.17) is 33.2 Å². The number of ether oxygens (including phenoxy) is 7. The molecule has 3 N–H and O–H groups in total. The molecule has 2 aromatic heterocycles. The second kappa shape index (κ2) is 23.0. The van der Waals surface area contributed by atoms with Crippen LogP contribution in [0.15, 0.2) is 162 Å². The molecule has 2 aliphatic rings. The van der Waals surface area contributed by atoms with E-state index in [-0.39, 0.29) is 47.0 Å². The van der Waals surface area contributed by atoms with Gasteiger partial charge < -0.3 is 47.4 Å². The minimum absolute atomic E-state index is 0.0312. The van der Waals surface area contributed by atoms with Gasteiger partial charge in [-0.1, -0.05) is 66.7 Å². The van der Waals surface area contributed by atoms with E-state index in [1.54, 1.807) is 127 Å².